The second-order valence-electron chi connectivity index (χ2n) is 5.19. The first kappa shape index (κ1) is 18.7. The average molecular weight is 388 g/mol. The van der Waals surface area contributed by atoms with E-state index in [2.05, 4.69) is 10.6 Å². The molecule has 2 N–H and O–H groups in total. The first-order valence-corrected chi connectivity index (χ1v) is 8.35. The van der Waals surface area contributed by atoms with E-state index in [4.69, 9.17) is 39.5 Å². The number of nitrogens with one attached hydrogen (secondary N) is 2. The Labute approximate surface area is 156 Å². The highest BCUT2D eigenvalue weighted by atomic mass is 35.6. The fourth-order valence-electron chi connectivity index (χ4n) is 1.90. The minimum absolute atomic E-state index is 0.129. The predicted molar refractivity (Wildman–Crippen MR) is 98.6 cm³/mol. The van der Waals surface area contributed by atoms with Gasteiger partial charge in [0.25, 0.3) is 0 Å². The number of hydrogen-bond donors (Lipinski definition) is 2. The quantitative estimate of drug-likeness (QED) is 0.559. The maximum absolute atomic E-state index is 12.0. The Kier molecular flexibility index (Phi) is 6.60. The predicted octanol–water partition coefficient (Wildman–Crippen LogP) is 5.03. The summed E-state index contributed by atoms with van der Waals surface area (Å²) in [5, 5.41) is 5.49. The number of ether oxygens (including phenoxy) is 1. The van der Waals surface area contributed by atoms with Crippen molar-refractivity contribution in [2.45, 2.75) is 23.5 Å². The highest BCUT2D eigenvalue weighted by Gasteiger charge is 2.34. The third kappa shape index (κ3) is 6.11. The van der Waals surface area contributed by atoms with Crippen molar-refractivity contribution in [3.8, 4) is 0 Å². The SMILES string of the molecule is Cc1ccc(NC(NC(=O)OCc2ccccc2)C(Cl)(Cl)Cl)cc1. The molecule has 1 amide bonds. The van der Waals surface area contributed by atoms with Crippen LogP contribution in [0.2, 0.25) is 0 Å². The molecule has 1 unspecified atom stereocenters. The summed E-state index contributed by atoms with van der Waals surface area (Å²) in [6.07, 6.45) is -1.64. The summed E-state index contributed by atoms with van der Waals surface area (Å²) in [6.45, 7) is 2.10. The summed E-state index contributed by atoms with van der Waals surface area (Å²) in [5.41, 5.74) is 2.67. The number of rotatable bonds is 5. The summed E-state index contributed by atoms with van der Waals surface area (Å²) >= 11 is 17.8. The van der Waals surface area contributed by atoms with Gasteiger partial charge in [0.1, 0.15) is 12.8 Å². The lowest BCUT2D eigenvalue weighted by atomic mass is 10.2. The zero-order valence-corrected chi connectivity index (χ0v) is 15.2. The third-order valence-electron chi connectivity index (χ3n) is 3.16. The number of carbonyl (C=O) groups is 1. The van der Waals surface area contributed by atoms with Crippen molar-refractivity contribution in [3.63, 3.8) is 0 Å². The molecule has 0 radical (unpaired) electrons. The van der Waals surface area contributed by atoms with Crippen molar-refractivity contribution < 1.29 is 9.53 Å². The molecule has 2 aromatic carbocycles. The maximum atomic E-state index is 12.0. The van der Waals surface area contributed by atoms with Crippen LogP contribution >= 0.6 is 34.8 Å². The normalized spacial score (nSPS) is 12.3. The molecule has 128 valence electrons. The zero-order valence-electron chi connectivity index (χ0n) is 12.9. The van der Waals surface area contributed by atoms with Crippen LogP contribution in [-0.2, 0) is 11.3 Å². The molecule has 2 aromatic rings. The van der Waals surface area contributed by atoms with Gasteiger partial charge < -0.3 is 10.1 Å². The number of anilines is 1. The second kappa shape index (κ2) is 8.47. The molecule has 24 heavy (non-hydrogen) atoms. The van der Waals surface area contributed by atoms with Gasteiger partial charge in [-0.1, -0.05) is 82.8 Å². The molecule has 0 aliphatic heterocycles. The van der Waals surface area contributed by atoms with Gasteiger partial charge in [-0.2, -0.15) is 0 Å². The molecule has 4 nitrogen and oxygen atoms in total. The monoisotopic (exact) mass is 386 g/mol. The number of alkyl halides is 3. The van der Waals surface area contributed by atoms with E-state index >= 15 is 0 Å². The summed E-state index contributed by atoms with van der Waals surface area (Å²) in [6, 6.07) is 16.8. The van der Waals surface area contributed by atoms with E-state index in [1.807, 2.05) is 61.5 Å². The van der Waals surface area contributed by atoms with E-state index in [1.54, 1.807) is 0 Å². The van der Waals surface area contributed by atoms with E-state index in [1.165, 1.54) is 0 Å². The largest absolute Gasteiger partial charge is 0.445 e. The Morgan fingerprint density at radius 1 is 1.08 bits per heavy atom. The fourth-order valence-corrected chi connectivity index (χ4v) is 2.23. The second-order valence-corrected chi connectivity index (χ2v) is 7.56. The molecular weight excluding hydrogens is 371 g/mol. The molecule has 0 saturated heterocycles. The molecular formula is C17H17Cl3N2O2. The number of aryl methyl sites for hydroxylation is 1. The van der Waals surface area contributed by atoms with E-state index in [0.29, 0.717) is 5.69 Å². The van der Waals surface area contributed by atoms with Gasteiger partial charge in [0.05, 0.1) is 0 Å². The Bertz CT molecular complexity index is 658. The van der Waals surface area contributed by atoms with Gasteiger partial charge >= 0.3 is 6.09 Å². The number of carbonyl (C=O) groups excluding carboxylic acids is 1. The van der Waals surface area contributed by atoms with Crippen molar-refractivity contribution in [2.75, 3.05) is 5.32 Å². The summed E-state index contributed by atoms with van der Waals surface area (Å²) in [5.74, 6) is 0. The Balaban J connectivity index is 1.95. The van der Waals surface area contributed by atoms with E-state index in [9.17, 15) is 4.79 Å². The molecule has 0 heterocycles. The van der Waals surface area contributed by atoms with Crippen LogP contribution in [0.5, 0.6) is 0 Å². The molecule has 0 spiro atoms. The Hall–Kier alpha value is -1.62. The van der Waals surface area contributed by atoms with Gasteiger partial charge in [0, 0.05) is 5.69 Å². The van der Waals surface area contributed by atoms with Gasteiger partial charge in [-0.05, 0) is 24.6 Å². The molecule has 0 aliphatic carbocycles. The minimum Gasteiger partial charge on any atom is -0.445 e. The number of alkyl carbamates (subject to hydrolysis) is 1. The van der Waals surface area contributed by atoms with E-state index in [0.717, 1.165) is 11.1 Å². The first-order valence-electron chi connectivity index (χ1n) is 7.22. The topological polar surface area (TPSA) is 50.4 Å². The number of hydrogen-bond acceptors (Lipinski definition) is 3. The lowest BCUT2D eigenvalue weighted by Gasteiger charge is -2.27. The maximum Gasteiger partial charge on any atom is 0.409 e. The molecule has 0 aliphatic rings. The van der Waals surface area contributed by atoms with Crippen molar-refractivity contribution in [1.82, 2.24) is 5.32 Å². The number of benzene rings is 2. The van der Waals surface area contributed by atoms with Gasteiger partial charge in [-0.25, -0.2) is 4.79 Å². The van der Waals surface area contributed by atoms with E-state index in [-0.39, 0.29) is 6.61 Å². The van der Waals surface area contributed by atoms with Crippen molar-refractivity contribution in [2.24, 2.45) is 0 Å². The Morgan fingerprint density at radius 2 is 1.71 bits per heavy atom. The van der Waals surface area contributed by atoms with Crippen LogP contribution in [0.25, 0.3) is 0 Å². The van der Waals surface area contributed by atoms with Crippen molar-refractivity contribution in [1.29, 1.82) is 0 Å². The van der Waals surface area contributed by atoms with Crippen LogP contribution in [0, 0.1) is 6.92 Å². The zero-order chi connectivity index (χ0) is 17.6. The molecule has 2 rings (SSSR count). The minimum atomic E-state index is -1.75. The van der Waals surface area contributed by atoms with Gasteiger partial charge in [0.15, 0.2) is 0 Å². The lowest BCUT2D eigenvalue weighted by molar-refractivity contribution is 0.137. The number of halogens is 3. The van der Waals surface area contributed by atoms with Gasteiger partial charge in [-0.15, -0.1) is 0 Å². The van der Waals surface area contributed by atoms with Crippen LogP contribution in [-0.4, -0.2) is 16.1 Å². The van der Waals surface area contributed by atoms with Gasteiger partial charge in [-0.3, -0.25) is 5.32 Å². The van der Waals surface area contributed by atoms with Crippen LogP contribution in [0.1, 0.15) is 11.1 Å². The number of amides is 1. The molecule has 0 saturated carbocycles. The summed E-state index contributed by atoms with van der Waals surface area (Å²) < 4.78 is 3.39. The van der Waals surface area contributed by atoms with Crippen LogP contribution in [0.3, 0.4) is 0 Å². The highest BCUT2D eigenvalue weighted by molar-refractivity contribution is 6.68. The van der Waals surface area contributed by atoms with Crippen LogP contribution in [0.4, 0.5) is 10.5 Å². The van der Waals surface area contributed by atoms with Crippen molar-refractivity contribution >= 4 is 46.6 Å². The fraction of sp³-hybridized carbons (Fsp3) is 0.235. The van der Waals surface area contributed by atoms with E-state index < -0.39 is 16.1 Å². The van der Waals surface area contributed by atoms with Crippen LogP contribution < -0.4 is 10.6 Å². The van der Waals surface area contributed by atoms with Crippen molar-refractivity contribution in [3.05, 3.63) is 65.7 Å². The highest BCUT2D eigenvalue weighted by Crippen LogP contribution is 2.31. The lowest BCUT2D eigenvalue weighted by Crippen LogP contribution is -2.49. The summed E-state index contributed by atoms with van der Waals surface area (Å²) in [4.78, 5) is 12.0. The summed E-state index contributed by atoms with van der Waals surface area (Å²) in [7, 11) is 0. The Morgan fingerprint density at radius 3 is 2.29 bits per heavy atom. The standard InChI is InChI=1S/C17H17Cl3N2O2/c1-12-7-9-14(10-8-12)21-15(17(18,19)20)22-16(23)24-11-13-5-3-2-4-6-13/h2-10,15,21H,11H2,1H3,(H,22,23). The van der Waals surface area contributed by atoms with Crippen LogP contribution in [0.15, 0.2) is 54.6 Å². The smallest absolute Gasteiger partial charge is 0.409 e. The molecule has 1 atom stereocenters. The van der Waals surface area contributed by atoms with Gasteiger partial charge in [0.2, 0.25) is 3.79 Å². The molecule has 7 heteroatoms. The third-order valence-corrected chi connectivity index (χ3v) is 3.82. The molecule has 0 bridgehead atoms. The molecule has 0 fully saturated rings. The average Bonchev–Trinajstić information content (AvgIpc) is 2.54. The first-order chi connectivity index (χ1) is 11.3. The molecule has 0 aromatic heterocycles.